The number of carbonyl (C=O) groups excluding carboxylic acids is 1. The van der Waals surface area contributed by atoms with Crippen molar-refractivity contribution in [1.29, 1.82) is 0 Å². The van der Waals surface area contributed by atoms with E-state index in [-0.39, 0.29) is 17.0 Å². The van der Waals surface area contributed by atoms with Gasteiger partial charge in [-0.2, -0.15) is 4.31 Å². The van der Waals surface area contributed by atoms with E-state index in [1.165, 1.54) is 29.6 Å². The lowest BCUT2D eigenvalue weighted by molar-refractivity contribution is 0.0946. The molecule has 8 heteroatoms. The Labute approximate surface area is 190 Å². The second-order valence-corrected chi connectivity index (χ2v) is 9.96. The lowest BCUT2D eigenvalue weighted by Gasteiger charge is -2.27. The number of hydrogen-bond acceptors (Lipinski definition) is 4. The van der Waals surface area contributed by atoms with Gasteiger partial charge < -0.3 is 5.32 Å². The van der Waals surface area contributed by atoms with Crippen LogP contribution in [0.3, 0.4) is 0 Å². The third-order valence-corrected chi connectivity index (χ3v) is 7.97. The van der Waals surface area contributed by atoms with Crippen LogP contribution in [0.2, 0.25) is 0 Å². The summed E-state index contributed by atoms with van der Waals surface area (Å²) in [5.41, 5.74) is 1.83. The molecule has 1 heterocycles. The number of likely N-dealkylation sites (tertiary alicyclic amines) is 1. The van der Waals surface area contributed by atoms with Gasteiger partial charge in [0.1, 0.15) is 5.82 Å². The van der Waals surface area contributed by atoms with E-state index in [1.807, 2.05) is 24.3 Å². The van der Waals surface area contributed by atoms with Crippen molar-refractivity contribution in [3.8, 4) is 0 Å². The van der Waals surface area contributed by atoms with E-state index < -0.39 is 21.7 Å². The Hall–Kier alpha value is -2.29. The summed E-state index contributed by atoms with van der Waals surface area (Å²) in [6.45, 7) is 7.27. The van der Waals surface area contributed by atoms with Crippen LogP contribution in [0.25, 0.3) is 0 Å². The van der Waals surface area contributed by atoms with Crippen LogP contribution in [-0.2, 0) is 23.1 Å². The van der Waals surface area contributed by atoms with E-state index in [2.05, 4.69) is 10.2 Å². The maximum absolute atomic E-state index is 14.4. The van der Waals surface area contributed by atoms with Crippen LogP contribution in [0.1, 0.15) is 54.6 Å². The molecule has 174 valence electrons. The minimum Gasteiger partial charge on any atom is -0.348 e. The Morgan fingerprint density at radius 2 is 1.69 bits per heavy atom. The van der Waals surface area contributed by atoms with E-state index in [4.69, 9.17) is 0 Å². The Balaban J connectivity index is 1.74. The number of nitrogens with zero attached hydrogens (tertiary/aromatic N) is 2. The topological polar surface area (TPSA) is 69.7 Å². The van der Waals surface area contributed by atoms with Gasteiger partial charge in [-0.3, -0.25) is 9.69 Å². The number of halogens is 1. The highest BCUT2D eigenvalue weighted by Gasteiger charge is 2.24. The summed E-state index contributed by atoms with van der Waals surface area (Å²) in [6.07, 6.45) is 3.67. The molecule has 2 aromatic rings. The fourth-order valence-corrected chi connectivity index (χ4v) is 5.55. The summed E-state index contributed by atoms with van der Waals surface area (Å²) >= 11 is 0. The van der Waals surface area contributed by atoms with Gasteiger partial charge in [0.05, 0.1) is 10.5 Å². The number of carbonyl (C=O) groups is 1. The van der Waals surface area contributed by atoms with Gasteiger partial charge in [-0.1, -0.05) is 44.5 Å². The SMILES string of the molecule is CCN(CC)S(=O)(=O)c1ccc(F)c(C(=O)NCc2ccccc2CN2CCCCC2)c1. The van der Waals surface area contributed by atoms with Gasteiger partial charge in [-0.05, 0) is 55.3 Å². The van der Waals surface area contributed by atoms with E-state index >= 15 is 0 Å². The summed E-state index contributed by atoms with van der Waals surface area (Å²) in [5, 5.41) is 2.76. The van der Waals surface area contributed by atoms with Crippen molar-refractivity contribution >= 4 is 15.9 Å². The number of hydrogen-bond donors (Lipinski definition) is 1. The van der Waals surface area contributed by atoms with Crippen LogP contribution in [0.4, 0.5) is 4.39 Å². The molecule has 0 bridgehead atoms. The molecule has 2 aromatic carbocycles. The first-order valence-electron chi connectivity index (χ1n) is 11.2. The molecule has 0 unspecified atom stereocenters. The van der Waals surface area contributed by atoms with Crippen molar-refractivity contribution in [3.63, 3.8) is 0 Å². The molecule has 1 aliphatic heterocycles. The van der Waals surface area contributed by atoms with Crippen LogP contribution in [0.5, 0.6) is 0 Å². The smallest absolute Gasteiger partial charge is 0.254 e. The number of nitrogens with one attached hydrogen (secondary N) is 1. The van der Waals surface area contributed by atoms with Crippen molar-refractivity contribution in [2.75, 3.05) is 26.2 Å². The second-order valence-electron chi connectivity index (χ2n) is 8.02. The van der Waals surface area contributed by atoms with Gasteiger partial charge in [0.15, 0.2) is 0 Å². The third kappa shape index (κ3) is 5.74. The van der Waals surface area contributed by atoms with Crippen molar-refractivity contribution in [2.24, 2.45) is 0 Å². The molecule has 0 saturated carbocycles. The summed E-state index contributed by atoms with van der Waals surface area (Å²) in [6, 6.07) is 11.3. The van der Waals surface area contributed by atoms with E-state index in [0.717, 1.165) is 42.9 Å². The summed E-state index contributed by atoms with van der Waals surface area (Å²) in [5.74, 6) is -1.38. The van der Waals surface area contributed by atoms with Crippen LogP contribution >= 0.6 is 0 Å². The maximum atomic E-state index is 14.4. The van der Waals surface area contributed by atoms with Crippen LogP contribution < -0.4 is 5.32 Å². The van der Waals surface area contributed by atoms with Gasteiger partial charge in [0.25, 0.3) is 5.91 Å². The predicted octanol–water partition coefficient (Wildman–Crippen LogP) is 3.77. The second kappa shape index (κ2) is 11.0. The average molecular weight is 462 g/mol. The number of benzene rings is 2. The van der Waals surface area contributed by atoms with Gasteiger partial charge in [-0.25, -0.2) is 12.8 Å². The molecule has 0 spiro atoms. The molecule has 0 radical (unpaired) electrons. The predicted molar refractivity (Wildman–Crippen MR) is 123 cm³/mol. The summed E-state index contributed by atoms with van der Waals surface area (Å²) < 4.78 is 41.2. The minimum atomic E-state index is -3.78. The zero-order chi connectivity index (χ0) is 23.1. The van der Waals surface area contributed by atoms with Crippen molar-refractivity contribution < 1.29 is 17.6 Å². The molecule has 0 aliphatic carbocycles. The Kier molecular flexibility index (Phi) is 8.39. The zero-order valence-corrected chi connectivity index (χ0v) is 19.6. The average Bonchev–Trinajstić information content (AvgIpc) is 2.80. The van der Waals surface area contributed by atoms with Crippen LogP contribution in [-0.4, -0.2) is 49.7 Å². The summed E-state index contributed by atoms with van der Waals surface area (Å²) in [7, 11) is -3.78. The molecule has 3 rings (SSSR count). The number of rotatable bonds is 9. The van der Waals surface area contributed by atoms with Crippen molar-refractivity contribution in [2.45, 2.75) is 51.1 Å². The molecular formula is C24H32FN3O3S. The molecule has 6 nitrogen and oxygen atoms in total. The maximum Gasteiger partial charge on any atom is 0.254 e. The number of amides is 1. The lowest BCUT2D eigenvalue weighted by atomic mass is 10.0. The third-order valence-electron chi connectivity index (χ3n) is 5.93. The number of piperidine rings is 1. The van der Waals surface area contributed by atoms with E-state index in [0.29, 0.717) is 13.1 Å². The molecule has 32 heavy (non-hydrogen) atoms. The molecular weight excluding hydrogens is 429 g/mol. The molecule has 1 N–H and O–H groups in total. The molecule has 1 fully saturated rings. The first-order valence-corrected chi connectivity index (χ1v) is 12.7. The standard InChI is InChI=1S/C24H32FN3O3S/c1-3-28(4-2)32(30,31)21-12-13-23(25)22(16-21)24(29)26-17-19-10-6-7-11-20(19)18-27-14-8-5-9-15-27/h6-7,10-13,16H,3-5,8-9,14-15,17-18H2,1-2H3,(H,26,29). The van der Waals surface area contributed by atoms with Crippen LogP contribution in [0, 0.1) is 5.82 Å². The van der Waals surface area contributed by atoms with Gasteiger partial charge in [0, 0.05) is 26.2 Å². The molecule has 1 aliphatic rings. The van der Waals surface area contributed by atoms with Gasteiger partial charge >= 0.3 is 0 Å². The fraction of sp³-hybridized carbons (Fsp3) is 0.458. The lowest BCUT2D eigenvalue weighted by Crippen LogP contribution is -2.31. The minimum absolute atomic E-state index is 0.0850. The quantitative estimate of drug-likeness (QED) is 0.617. The van der Waals surface area contributed by atoms with E-state index in [1.54, 1.807) is 13.8 Å². The normalized spacial score (nSPS) is 15.1. The molecule has 1 saturated heterocycles. The number of sulfonamides is 1. The monoisotopic (exact) mass is 461 g/mol. The van der Waals surface area contributed by atoms with Crippen LogP contribution in [0.15, 0.2) is 47.4 Å². The van der Waals surface area contributed by atoms with Gasteiger partial charge in [0.2, 0.25) is 10.0 Å². The highest BCUT2D eigenvalue weighted by atomic mass is 32.2. The largest absolute Gasteiger partial charge is 0.348 e. The van der Waals surface area contributed by atoms with Crippen molar-refractivity contribution in [3.05, 3.63) is 65.0 Å². The van der Waals surface area contributed by atoms with Crippen molar-refractivity contribution in [1.82, 2.24) is 14.5 Å². The zero-order valence-electron chi connectivity index (χ0n) is 18.8. The first kappa shape index (κ1) is 24.4. The Morgan fingerprint density at radius 1 is 1.03 bits per heavy atom. The van der Waals surface area contributed by atoms with Gasteiger partial charge in [-0.15, -0.1) is 0 Å². The molecule has 0 atom stereocenters. The van der Waals surface area contributed by atoms with E-state index in [9.17, 15) is 17.6 Å². The highest BCUT2D eigenvalue weighted by molar-refractivity contribution is 7.89. The first-order chi connectivity index (χ1) is 15.4. The molecule has 0 aromatic heterocycles. The highest BCUT2D eigenvalue weighted by Crippen LogP contribution is 2.20. The molecule has 1 amide bonds. The Morgan fingerprint density at radius 3 is 2.34 bits per heavy atom. The summed E-state index contributed by atoms with van der Waals surface area (Å²) in [4.78, 5) is 15.1. The fourth-order valence-electron chi connectivity index (χ4n) is 4.06. The Bertz CT molecular complexity index is 1030.